The van der Waals surface area contributed by atoms with Gasteiger partial charge < -0.3 is 10.1 Å². The van der Waals surface area contributed by atoms with Gasteiger partial charge in [0.2, 0.25) is 9.84 Å². The first-order chi connectivity index (χ1) is 14.4. The van der Waals surface area contributed by atoms with E-state index < -0.39 is 9.84 Å². The van der Waals surface area contributed by atoms with Gasteiger partial charge in [-0.05, 0) is 56.3 Å². The highest BCUT2D eigenvalue weighted by atomic mass is 32.2. The molecule has 0 amide bonds. The Labute approximate surface area is 176 Å². The van der Waals surface area contributed by atoms with Crippen molar-refractivity contribution in [2.24, 2.45) is 0 Å². The molecule has 1 N–H and O–H groups in total. The Balaban J connectivity index is 1.96. The molecule has 3 aromatic carbocycles. The number of aryl methyl sites for hydroxylation is 2. The molecule has 0 bridgehead atoms. The molecule has 30 heavy (non-hydrogen) atoms. The average Bonchev–Trinajstić information content (AvgIpc) is 2.75. The number of anilines is 2. The highest BCUT2D eigenvalue weighted by Crippen LogP contribution is 2.36. The first-order valence-electron chi connectivity index (χ1n) is 9.51. The molecule has 0 aliphatic heterocycles. The van der Waals surface area contributed by atoms with E-state index in [4.69, 9.17) is 4.74 Å². The van der Waals surface area contributed by atoms with Crippen LogP contribution in [-0.2, 0) is 9.84 Å². The van der Waals surface area contributed by atoms with Gasteiger partial charge >= 0.3 is 0 Å². The summed E-state index contributed by atoms with van der Waals surface area (Å²) in [6, 6.07) is 20.0. The Kier molecular flexibility index (Phi) is 5.18. The number of hydrogen-bond acceptors (Lipinski definition) is 5. The van der Waals surface area contributed by atoms with Crippen molar-refractivity contribution < 1.29 is 13.2 Å². The summed E-state index contributed by atoms with van der Waals surface area (Å²) in [6.45, 7) is 3.92. The van der Waals surface area contributed by atoms with E-state index in [-0.39, 0.29) is 9.79 Å². The van der Waals surface area contributed by atoms with Crippen LogP contribution in [0.5, 0.6) is 5.75 Å². The van der Waals surface area contributed by atoms with Crippen molar-refractivity contribution in [3.05, 3.63) is 84.1 Å². The van der Waals surface area contributed by atoms with E-state index in [9.17, 15) is 8.42 Å². The van der Waals surface area contributed by atoms with E-state index in [2.05, 4.69) is 10.3 Å². The number of methoxy groups -OCH3 is 1. The van der Waals surface area contributed by atoms with Crippen LogP contribution in [0.3, 0.4) is 0 Å². The number of benzene rings is 3. The summed E-state index contributed by atoms with van der Waals surface area (Å²) in [7, 11) is -2.21. The summed E-state index contributed by atoms with van der Waals surface area (Å²) < 4.78 is 32.4. The fourth-order valence-corrected chi connectivity index (χ4v) is 4.61. The Hall–Kier alpha value is -3.38. The van der Waals surface area contributed by atoms with Crippen molar-refractivity contribution in [2.75, 3.05) is 12.4 Å². The Bertz CT molecular complexity index is 1310. The van der Waals surface area contributed by atoms with E-state index in [0.717, 1.165) is 16.8 Å². The number of pyridine rings is 1. The van der Waals surface area contributed by atoms with E-state index in [0.29, 0.717) is 22.3 Å². The van der Waals surface area contributed by atoms with Gasteiger partial charge in [0.05, 0.1) is 23.2 Å². The standard InChI is InChI=1S/C24H22N2O3S/c1-16-4-8-18(9-5-16)26-24-21-14-19(29-3)10-13-22(21)25-15-23(24)30(27,28)20-11-6-17(2)7-12-20/h4-15H,1-3H3,(H,25,26). The molecule has 0 atom stereocenters. The first kappa shape index (κ1) is 19.9. The van der Waals surface area contributed by atoms with Gasteiger partial charge in [0.25, 0.3) is 0 Å². The van der Waals surface area contributed by atoms with Gasteiger partial charge in [-0.25, -0.2) is 8.42 Å². The minimum Gasteiger partial charge on any atom is -0.497 e. The summed E-state index contributed by atoms with van der Waals surface area (Å²) in [5.74, 6) is 0.626. The zero-order valence-corrected chi connectivity index (χ0v) is 17.8. The number of sulfone groups is 1. The van der Waals surface area contributed by atoms with Crippen LogP contribution in [0, 0.1) is 13.8 Å². The summed E-state index contributed by atoms with van der Waals surface area (Å²) in [5.41, 5.74) is 4.05. The maximum atomic E-state index is 13.5. The quantitative estimate of drug-likeness (QED) is 0.468. The number of ether oxygens (including phenoxy) is 1. The SMILES string of the molecule is COc1ccc2ncc(S(=O)(=O)c3ccc(C)cc3)c(Nc3ccc(C)cc3)c2c1. The highest BCUT2D eigenvalue weighted by molar-refractivity contribution is 7.91. The van der Waals surface area contributed by atoms with Crippen molar-refractivity contribution in [3.8, 4) is 5.75 Å². The molecule has 5 nitrogen and oxygen atoms in total. The molecule has 1 aromatic heterocycles. The maximum Gasteiger partial charge on any atom is 0.210 e. The number of nitrogens with zero attached hydrogens (tertiary/aromatic N) is 1. The third-order valence-corrected chi connectivity index (χ3v) is 6.76. The molecule has 4 aromatic rings. The molecular weight excluding hydrogens is 396 g/mol. The van der Waals surface area contributed by atoms with Crippen LogP contribution in [0.15, 0.2) is 82.7 Å². The third kappa shape index (κ3) is 3.74. The molecule has 152 valence electrons. The summed E-state index contributed by atoms with van der Waals surface area (Å²) in [4.78, 5) is 4.75. The zero-order chi connectivity index (χ0) is 21.3. The Morgan fingerprint density at radius 2 is 1.50 bits per heavy atom. The molecule has 0 unspecified atom stereocenters. The molecule has 6 heteroatoms. The topological polar surface area (TPSA) is 68.3 Å². The fourth-order valence-electron chi connectivity index (χ4n) is 3.24. The van der Waals surface area contributed by atoms with E-state index in [1.807, 2.05) is 44.2 Å². The van der Waals surface area contributed by atoms with Gasteiger partial charge in [0, 0.05) is 17.3 Å². The predicted octanol–water partition coefficient (Wildman–Crippen LogP) is 5.44. The number of nitrogens with one attached hydrogen (secondary N) is 1. The van der Waals surface area contributed by atoms with Crippen molar-refractivity contribution in [1.29, 1.82) is 0 Å². The number of aromatic nitrogens is 1. The third-order valence-electron chi connectivity index (χ3n) is 4.98. The summed E-state index contributed by atoms with van der Waals surface area (Å²) >= 11 is 0. The van der Waals surface area contributed by atoms with Gasteiger partial charge in [0.15, 0.2) is 0 Å². The molecular formula is C24H22N2O3S. The summed E-state index contributed by atoms with van der Waals surface area (Å²) in [5, 5.41) is 3.98. The van der Waals surface area contributed by atoms with E-state index in [1.165, 1.54) is 6.20 Å². The van der Waals surface area contributed by atoms with Gasteiger partial charge in [-0.1, -0.05) is 35.4 Å². The number of rotatable bonds is 5. The molecule has 0 radical (unpaired) electrons. The maximum absolute atomic E-state index is 13.5. The van der Waals surface area contributed by atoms with Crippen LogP contribution < -0.4 is 10.1 Å². The predicted molar refractivity (Wildman–Crippen MR) is 119 cm³/mol. The lowest BCUT2D eigenvalue weighted by Crippen LogP contribution is -2.07. The number of hydrogen-bond donors (Lipinski definition) is 1. The second-order valence-corrected chi connectivity index (χ2v) is 9.11. The minimum atomic E-state index is -3.79. The molecule has 4 rings (SSSR count). The van der Waals surface area contributed by atoms with Crippen LogP contribution in [0.1, 0.15) is 11.1 Å². The van der Waals surface area contributed by atoms with Gasteiger partial charge in [-0.2, -0.15) is 0 Å². The second kappa shape index (κ2) is 7.80. The smallest absolute Gasteiger partial charge is 0.210 e. The zero-order valence-electron chi connectivity index (χ0n) is 17.0. The minimum absolute atomic E-state index is 0.118. The van der Waals surface area contributed by atoms with Crippen LogP contribution in [0.4, 0.5) is 11.4 Å². The lowest BCUT2D eigenvalue weighted by atomic mass is 10.1. The molecule has 0 aliphatic carbocycles. The van der Waals surface area contributed by atoms with E-state index in [1.54, 1.807) is 43.5 Å². The van der Waals surface area contributed by atoms with Crippen molar-refractivity contribution >= 4 is 32.1 Å². The van der Waals surface area contributed by atoms with Gasteiger partial charge in [-0.15, -0.1) is 0 Å². The second-order valence-electron chi connectivity index (χ2n) is 7.19. The lowest BCUT2D eigenvalue weighted by molar-refractivity contribution is 0.415. The molecule has 0 fully saturated rings. The van der Waals surface area contributed by atoms with Crippen molar-refractivity contribution in [1.82, 2.24) is 4.98 Å². The Morgan fingerprint density at radius 3 is 2.13 bits per heavy atom. The monoisotopic (exact) mass is 418 g/mol. The molecule has 0 saturated heterocycles. The largest absolute Gasteiger partial charge is 0.497 e. The highest BCUT2D eigenvalue weighted by Gasteiger charge is 2.24. The lowest BCUT2D eigenvalue weighted by Gasteiger charge is -2.16. The van der Waals surface area contributed by atoms with Crippen molar-refractivity contribution in [2.45, 2.75) is 23.6 Å². The van der Waals surface area contributed by atoms with Crippen LogP contribution in [-0.4, -0.2) is 20.5 Å². The first-order valence-corrected chi connectivity index (χ1v) is 11.0. The van der Waals surface area contributed by atoms with Crippen LogP contribution in [0.2, 0.25) is 0 Å². The van der Waals surface area contributed by atoms with Crippen molar-refractivity contribution in [3.63, 3.8) is 0 Å². The van der Waals surface area contributed by atoms with Gasteiger partial charge in [-0.3, -0.25) is 4.98 Å². The molecule has 1 heterocycles. The summed E-state index contributed by atoms with van der Waals surface area (Å²) in [6.07, 6.45) is 1.42. The normalized spacial score (nSPS) is 11.4. The van der Waals surface area contributed by atoms with E-state index >= 15 is 0 Å². The molecule has 0 saturated carbocycles. The van der Waals surface area contributed by atoms with Gasteiger partial charge in [0.1, 0.15) is 10.6 Å². The van der Waals surface area contributed by atoms with Crippen LogP contribution in [0.25, 0.3) is 10.9 Å². The number of fused-ring (bicyclic) bond motifs is 1. The van der Waals surface area contributed by atoms with Crippen LogP contribution >= 0.6 is 0 Å². The molecule has 0 spiro atoms. The average molecular weight is 419 g/mol. The Morgan fingerprint density at radius 1 is 0.867 bits per heavy atom. The molecule has 0 aliphatic rings. The fraction of sp³-hybridized carbons (Fsp3) is 0.125.